The van der Waals surface area contributed by atoms with Gasteiger partial charge in [-0.15, -0.1) is 0 Å². The smallest absolute Gasteiger partial charge is 0.307 e. The first-order valence-electron chi connectivity index (χ1n) is 8.40. The lowest BCUT2D eigenvalue weighted by Gasteiger charge is -2.27. The van der Waals surface area contributed by atoms with Gasteiger partial charge in [-0.3, -0.25) is 25.2 Å². The molecule has 7 heteroatoms. The summed E-state index contributed by atoms with van der Waals surface area (Å²) in [5.74, 6) is -2.68. The zero-order valence-corrected chi connectivity index (χ0v) is 14.5. The van der Waals surface area contributed by atoms with Gasteiger partial charge in [0.05, 0.1) is 11.8 Å². The fourth-order valence-corrected chi connectivity index (χ4v) is 2.95. The van der Waals surface area contributed by atoms with Crippen LogP contribution in [-0.4, -0.2) is 29.5 Å². The Morgan fingerprint density at radius 2 is 1.76 bits per heavy atom. The largest absolute Gasteiger partial charge is 0.484 e. The molecule has 0 saturated heterocycles. The molecule has 0 aromatic heterocycles. The van der Waals surface area contributed by atoms with Crippen molar-refractivity contribution in [1.29, 1.82) is 0 Å². The fraction of sp³-hybridized carbons (Fsp3) is 0.500. The number of nitrogens with one attached hydrogen (secondary N) is 2. The molecule has 3 N–H and O–H groups in total. The van der Waals surface area contributed by atoms with E-state index in [0.717, 1.165) is 24.0 Å². The Bertz CT molecular complexity index is 659. The number of aryl methyl sites for hydroxylation is 2. The quantitative estimate of drug-likeness (QED) is 0.703. The number of rotatable bonds is 5. The lowest BCUT2D eigenvalue weighted by molar-refractivity contribution is -0.149. The van der Waals surface area contributed by atoms with E-state index in [2.05, 4.69) is 10.9 Å². The second-order valence-electron chi connectivity index (χ2n) is 6.41. The highest BCUT2D eigenvalue weighted by Gasteiger charge is 2.35. The molecule has 1 aliphatic rings. The van der Waals surface area contributed by atoms with Crippen LogP contribution in [0.5, 0.6) is 5.75 Å². The van der Waals surface area contributed by atoms with E-state index >= 15 is 0 Å². The first kappa shape index (κ1) is 18.8. The van der Waals surface area contributed by atoms with Crippen LogP contribution >= 0.6 is 0 Å². The maximum atomic E-state index is 12.1. The van der Waals surface area contributed by atoms with Gasteiger partial charge in [-0.25, -0.2) is 0 Å². The SMILES string of the molecule is Cc1ccc(OCC(=O)NNC(=O)C2CCCCC2C(=O)O)cc1C. The molecule has 1 fully saturated rings. The van der Waals surface area contributed by atoms with Gasteiger partial charge >= 0.3 is 5.97 Å². The van der Waals surface area contributed by atoms with Gasteiger partial charge in [0.25, 0.3) is 5.91 Å². The Labute approximate surface area is 146 Å². The predicted octanol–water partition coefficient (Wildman–Crippen LogP) is 1.72. The van der Waals surface area contributed by atoms with Crippen LogP contribution in [0.3, 0.4) is 0 Å². The molecule has 2 unspecified atom stereocenters. The zero-order chi connectivity index (χ0) is 18.4. The predicted molar refractivity (Wildman–Crippen MR) is 90.8 cm³/mol. The van der Waals surface area contributed by atoms with Gasteiger partial charge in [0, 0.05) is 0 Å². The average Bonchev–Trinajstić information content (AvgIpc) is 2.60. The number of carbonyl (C=O) groups is 3. The van der Waals surface area contributed by atoms with Gasteiger partial charge in [0.1, 0.15) is 5.75 Å². The van der Waals surface area contributed by atoms with Crippen LogP contribution in [0.25, 0.3) is 0 Å². The van der Waals surface area contributed by atoms with Gasteiger partial charge in [-0.05, 0) is 49.9 Å². The third kappa shape index (κ3) is 5.20. The molecule has 0 radical (unpaired) electrons. The van der Waals surface area contributed by atoms with Crippen LogP contribution in [0.4, 0.5) is 0 Å². The maximum Gasteiger partial charge on any atom is 0.307 e. The number of hydrazine groups is 1. The first-order chi connectivity index (χ1) is 11.9. The number of hydrogen-bond donors (Lipinski definition) is 3. The van der Waals surface area contributed by atoms with E-state index in [9.17, 15) is 19.5 Å². The Kier molecular flexibility index (Phi) is 6.38. The number of carbonyl (C=O) groups excluding carboxylic acids is 2. The van der Waals surface area contributed by atoms with Gasteiger partial charge < -0.3 is 9.84 Å². The molecule has 2 atom stereocenters. The van der Waals surface area contributed by atoms with Crippen molar-refractivity contribution in [3.05, 3.63) is 29.3 Å². The minimum Gasteiger partial charge on any atom is -0.484 e. The van der Waals surface area contributed by atoms with Crippen LogP contribution < -0.4 is 15.6 Å². The number of aliphatic carboxylic acids is 1. The summed E-state index contributed by atoms with van der Waals surface area (Å²) in [5, 5.41) is 9.20. The lowest BCUT2D eigenvalue weighted by atomic mass is 9.79. The second-order valence-corrected chi connectivity index (χ2v) is 6.41. The third-order valence-electron chi connectivity index (χ3n) is 4.59. The number of benzene rings is 1. The highest BCUT2D eigenvalue weighted by Crippen LogP contribution is 2.30. The summed E-state index contributed by atoms with van der Waals surface area (Å²) in [6, 6.07) is 5.51. The summed E-state index contributed by atoms with van der Waals surface area (Å²) >= 11 is 0. The normalized spacial score (nSPS) is 19.8. The van der Waals surface area contributed by atoms with E-state index < -0.39 is 29.6 Å². The first-order valence-corrected chi connectivity index (χ1v) is 8.40. The topological polar surface area (TPSA) is 105 Å². The number of hydrogen-bond acceptors (Lipinski definition) is 4. The van der Waals surface area contributed by atoms with Crippen molar-refractivity contribution in [2.24, 2.45) is 11.8 Å². The maximum absolute atomic E-state index is 12.1. The molecule has 0 bridgehead atoms. The minimum atomic E-state index is -0.968. The molecule has 25 heavy (non-hydrogen) atoms. The van der Waals surface area contributed by atoms with Gasteiger partial charge in [-0.2, -0.15) is 0 Å². The molecule has 0 spiro atoms. The third-order valence-corrected chi connectivity index (χ3v) is 4.59. The molecular weight excluding hydrogens is 324 g/mol. The van der Waals surface area contributed by atoms with E-state index in [1.165, 1.54) is 0 Å². The monoisotopic (exact) mass is 348 g/mol. The molecule has 1 aromatic rings. The molecule has 0 heterocycles. The van der Waals surface area contributed by atoms with Crippen molar-refractivity contribution in [1.82, 2.24) is 10.9 Å². The summed E-state index contributed by atoms with van der Waals surface area (Å²) in [6.45, 7) is 3.69. The van der Waals surface area contributed by atoms with Crippen molar-refractivity contribution in [2.75, 3.05) is 6.61 Å². The van der Waals surface area contributed by atoms with E-state index in [-0.39, 0.29) is 6.61 Å². The van der Waals surface area contributed by atoms with Gasteiger partial charge in [0.15, 0.2) is 6.61 Å². The molecular formula is C18H24N2O5. The molecule has 0 aliphatic heterocycles. The summed E-state index contributed by atoms with van der Waals surface area (Å²) in [6.07, 6.45) is 2.61. The van der Waals surface area contributed by atoms with Crippen LogP contribution in [0, 0.1) is 25.7 Å². The number of carboxylic acids is 1. The number of ether oxygens (including phenoxy) is 1. The average molecular weight is 348 g/mol. The molecule has 1 saturated carbocycles. The van der Waals surface area contributed by atoms with Crippen molar-refractivity contribution in [3.63, 3.8) is 0 Å². The van der Waals surface area contributed by atoms with Crippen molar-refractivity contribution >= 4 is 17.8 Å². The summed E-state index contributed by atoms with van der Waals surface area (Å²) in [4.78, 5) is 35.2. The molecule has 2 rings (SSSR count). The van der Waals surface area contributed by atoms with Crippen molar-refractivity contribution in [3.8, 4) is 5.75 Å². The highest BCUT2D eigenvalue weighted by atomic mass is 16.5. The molecule has 1 aromatic carbocycles. The van der Waals surface area contributed by atoms with E-state index in [0.29, 0.717) is 18.6 Å². The standard InChI is InChI=1S/C18H24N2O5/c1-11-7-8-13(9-12(11)2)25-10-16(21)19-20-17(22)14-5-3-4-6-15(14)18(23)24/h7-9,14-15H,3-6,10H2,1-2H3,(H,19,21)(H,20,22)(H,23,24). The molecule has 1 aliphatic carbocycles. The van der Waals surface area contributed by atoms with Gasteiger partial charge in [0.2, 0.25) is 5.91 Å². The zero-order valence-electron chi connectivity index (χ0n) is 14.5. The van der Waals surface area contributed by atoms with E-state index in [4.69, 9.17) is 4.74 Å². The van der Waals surface area contributed by atoms with Crippen LogP contribution in [0.1, 0.15) is 36.8 Å². The van der Waals surface area contributed by atoms with E-state index in [1.54, 1.807) is 6.07 Å². The Balaban J connectivity index is 1.79. The fourth-order valence-electron chi connectivity index (χ4n) is 2.95. The van der Waals surface area contributed by atoms with Crippen LogP contribution in [-0.2, 0) is 14.4 Å². The molecule has 2 amide bonds. The summed E-state index contributed by atoms with van der Waals surface area (Å²) in [5.41, 5.74) is 6.78. The number of amides is 2. The Morgan fingerprint density at radius 1 is 1.08 bits per heavy atom. The Hall–Kier alpha value is -2.57. The van der Waals surface area contributed by atoms with Crippen LogP contribution in [0.2, 0.25) is 0 Å². The minimum absolute atomic E-state index is 0.240. The summed E-state index contributed by atoms with van der Waals surface area (Å²) in [7, 11) is 0. The Morgan fingerprint density at radius 3 is 2.40 bits per heavy atom. The molecule has 136 valence electrons. The second kappa shape index (κ2) is 8.50. The van der Waals surface area contributed by atoms with Crippen molar-refractivity contribution < 1.29 is 24.2 Å². The summed E-state index contributed by atoms with van der Waals surface area (Å²) < 4.78 is 5.38. The lowest BCUT2D eigenvalue weighted by Crippen LogP contribution is -2.49. The molecule has 7 nitrogen and oxygen atoms in total. The van der Waals surface area contributed by atoms with Crippen LogP contribution in [0.15, 0.2) is 18.2 Å². The van der Waals surface area contributed by atoms with Gasteiger partial charge in [-0.1, -0.05) is 18.9 Å². The number of carboxylic acid groups (broad SMARTS) is 1. The van der Waals surface area contributed by atoms with Crippen molar-refractivity contribution in [2.45, 2.75) is 39.5 Å². The van der Waals surface area contributed by atoms with E-state index in [1.807, 2.05) is 26.0 Å². The highest BCUT2D eigenvalue weighted by molar-refractivity contribution is 5.87.